The van der Waals surface area contributed by atoms with E-state index in [2.05, 4.69) is 25.3 Å². The number of nitrogens with one attached hydrogen (secondary N) is 1. The molecule has 0 bridgehead atoms. The van der Waals surface area contributed by atoms with E-state index in [4.69, 9.17) is 0 Å². The first-order valence-corrected chi connectivity index (χ1v) is 7.47. The molecule has 0 amide bonds. The molecule has 130 valence electrons. The van der Waals surface area contributed by atoms with Gasteiger partial charge in [0.15, 0.2) is 0 Å². The van der Waals surface area contributed by atoms with Crippen LogP contribution in [-0.2, 0) is 0 Å². The molecule has 6 nitrogen and oxygen atoms in total. The van der Waals surface area contributed by atoms with E-state index in [-0.39, 0.29) is 5.95 Å². The van der Waals surface area contributed by atoms with Crippen molar-refractivity contribution in [1.82, 2.24) is 24.3 Å². The third kappa shape index (κ3) is 3.76. The molecule has 0 atom stereocenters. The Morgan fingerprint density at radius 3 is 2.72 bits per heavy atom. The van der Waals surface area contributed by atoms with E-state index >= 15 is 0 Å². The highest BCUT2D eigenvalue weighted by atomic mass is 19.4. The summed E-state index contributed by atoms with van der Waals surface area (Å²) in [5.74, 6) is 0.524. The molecule has 3 aromatic heterocycles. The Morgan fingerprint density at radius 2 is 2.04 bits per heavy atom. The van der Waals surface area contributed by atoms with Crippen LogP contribution >= 0.6 is 0 Å². The maximum absolute atomic E-state index is 12.3. The minimum atomic E-state index is -4.32. The second-order valence-corrected chi connectivity index (χ2v) is 5.34. The van der Waals surface area contributed by atoms with Gasteiger partial charge in [0.1, 0.15) is 6.54 Å². The molecule has 0 fully saturated rings. The molecule has 0 saturated carbocycles. The first kappa shape index (κ1) is 16.9. The largest absolute Gasteiger partial charge is 0.405 e. The van der Waals surface area contributed by atoms with Crippen LogP contribution in [0.1, 0.15) is 23.7 Å². The molecular formula is C16H15F3N6. The number of imidazole rings is 1. The van der Waals surface area contributed by atoms with E-state index in [9.17, 15) is 13.2 Å². The number of hydrogen-bond acceptors (Lipinski definition) is 5. The average molecular weight is 348 g/mol. The van der Waals surface area contributed by atoms with Crippen LogP contribution in [0.5, 0.6) is 0 Å². The highest BCUT2D eigenvalue weighted by Crippen LogP contribution is 2.25. The molecule has 3 rings (SSSR count). The Labute approximate surface area is 141 Å². The Kier molecular flexibility index (Phi) is 4.39. The van der Waals surface area contributed by atoms with Gasteiger partial charge in [0.25, 0.3) is 0 Å². The molecule has 0 aliphatic heterocycles. The average Bonchev–Trinajstić information content (AvgIpc) is 3.02. The third-order valence-electron chi connectivity index (χ3n) is 3.56. The maximum atomic E-state index is 12.3. The minimum absolute atomic E-state index is 0.0581. The van der Waals surface area contributed by atoms with Crippen molar-refractivity contribution >= 4 is 17.3 Å². The van der Waals surface area contributed by atoms with Crippen molar-refractivity contribution in [1.29, 1.82) is 0 Å². The predicted molar refractivity (Wildman–Crippen MR) is 87.1 cm³/mol. The van der Waals surface area contributed by atoms with Crippen molar-refractivity contribution in [2.75, 3.05) is 11.9 Å². The lowest BCUT2D eigenvalue weighted by Crippen LogP contribution is -2.22. The summed E-state index contributed by atoms with van der Waals surface area (Å²) in [6.45, 7) is 2.41. The fourth-order valence-corrected chi connectivity index (χ4v) is 2.43. The zero-order valence-electron chi connectivity index (χ0n) is 13.5. The van der Waals surface area contributed by atoms with Gasteiger partial charge in [-0.15, -0.1) is 0 Å². The smallest absolute Gasteiger partial charge is 0.345 e. The molecule has 0 saturated heterocycles. The van der Waals surface area contributed by atoms with E-state index in [1.165, 1.54) is 6.20 Å². The molecule has 0 aliphatic rings. The molecule has 0 aromatic carbocycles. The van der Waals surface area contributed by atoms with Crippen molar-refractivity contribution in [2.24, 2.45) is 0 Å². The molecular weight excluding hydrogens is 333 g/mol. The zero-order valence-corrected chi connectivity index (χ0v) is 13.5. The standard InChI is InChI=1S/C16H15F3N6/c1-3-12(11-6-22-15-20-4-5-25(15)8-11)13-7-21-14(24-10(13)2)23-9-16(17,18)19/h3-8H,9H2,1-2H3,(H,21,23,24)/b12-3-. The Bertz CT molecular complexity index is 929. The van der Waals surface area contributed by atoms with Gasteiger partial charge in [-0.05, 0) is 19.4 Å². The fraction of sp³-hybridized carbons (Fsp3) is 0.250. The van der Waals surface area contributed by atoms with Gasteiger partial charge in [0.2, 0.25) is 11.7 Å². The van der Waals surface area contributed by atoms with Gasteiger partial charge in [-0.2, -0.15) is 13.2 Å². The summed E-state index contributed by atoms with van der Waals surface area (Å²) in [5.41, 5.74) is 2.96. The Morgan fingerprint density at radius 1 is 1.24 bits per heavy atom. The fourth-order valence-electron chi connectivity index (χ4n) is 2.43. The predicted octanol–water partition coefficient (Wildman–Crippen LogP) is 3.25. The molecule has 1 N–H and O–H groups in total. The number of aryl methyl sites for hydroxylation is 1. The van der Waals surface area contributed by atoms with E-state index in [1.54, 1.807) is 29.9 Å². The normalized spacial score (nSPS) is 12.6. The molecule has 3 aromatic rings. The summed E-state index contributed by atoms with van der Waals surface area (Å²) in [5, 5.41) is 2.18. The number of alkyl halides is 3. The number of aromatic nitrogens is 5. The topological polar surface area (TPSA) is 68.0 Å². The summed E-state index contributed by atoms with van der Waals surface area (Å²) >= 11 is 0. The zero-order chi connectivity index (χ0) is 18.0. The molecule has 0 radical (unpaired) electrons. The van der Waals surface area contributed by atoms with Crippen LogP contribution in [0.4, 0.5) is 19.1 Å². The van der Waals surface area contributed by atoms with Crippen LogP contribution in [0, 0.1) is 6.92 Å². The molecule has 0 spiro atoms. The number of hydrogen-bond donors (Lipinski definition) is 1. The Hall–Kier alpha value is -2.97. The van der Waals surface area contributed by atoms with Crippen LogP contribution in [-0.4, -0.2) is 37.1 Å². The highest BCUT2D eigenvalue weighted by molar-refractivity contribution is 5.80. The third-order valence-corrected chi connectivity index (χ3v) is 3.56. The van der Waals surface area contributed by atoms with Crippen LogP contribution in [0.25, 0.3) is 11.4 Å². The quantitative estimate of drug-likeness (QED) is 0.784. The van der Waals surface area contributed by atoms with Gasteiger partial charge in [-0.1, -0.05) is 6.08 Å². The summed E-state index contributed by atoms with van der Waals surface area (Å²) in [4.78, 5) is 16.5. The number of halogens is 3. The van der Waals surface area contributed by atoms with Gasteiger partial charge < -0.3 is 5.32 Å². The van der Waals surface area contributed by atoms with Crippen LogP contribution in [0.2, 0.25) is 0 Å². The maximum Gasteiger partial charge on any atom is 0.405 e. The summed E-state index contributed by atoms with van der Waals surface area (Å²) in [6, 6.07) is 0. The number of fused-ring (bicyclic) bond motifs is 1. The minimum Gasteiger partial charge on any atom is -0.345 e. The van der Waals surface area contributed by atoms with E-state index in [1.807, 2.05) is 19.2 Å². The van der Waals surface area contributed by atoms with Gasteiger partial charge >= 0.3 is 6.18 Å². The Balaban J connectivity index is 1.90. The van der Waals surface area contributed by atoms with Crippen molar-refractivity contribution in [3.63, 3.8) is 0 Å². The van der Waals surface area contributed by atoms with Gasteiger partial charge in [-0.25, -0.2) is 19.9 Å². The van der Waals surface area contributed by atoms with Crippen molar-refractivity contribution in [3.8, 4) is 0 Å². The molecule has 3 heterocycles. The number of rotatable bonds is 4. The van der Waals surface area contributed by atoms with Crippen molar-refractivity contribution in [3.05, 3.63) is 53.9 Å². The molecule has 25 heavy (non-hydrogen) atoms. The number of anilines is 1. The summed E-state index contributed by atoms with van der Waals surface area (Å²) < 4.78 is 38.6. The van der Waals surface area contributed by atoms with Crippen LogP contribution in [0.15, 0.2) is 37.1 Å². The SMILES string of the molecule is C/C=C(/c1cnc2nccn2c1)c1cnc(NCC(F)(F)F)nc1C. The number of allylic oxidation sites excluding steroid dienone is 1. The number of nitrogens with zero attached hydrogens (tertiary/aromatic N) is 5. The van der Waals surface area contributed by atoms with Gasteiger partial charge in [-0.3, -0.25) is 4.40 Å². The monoisotopic (exact) mass is 348 g/mol. The van der Waals surface area contributed by atoms with E-state index in [0.717, 1.165) is 16.7 Å². The molecule has 9 heteroatoms. The van der Waals surface area contributed by atoms with Crippen LogP contribution in [0.3, 0.4) is 0 Å². The van der Waals surface area contributed by atoms with Crippen molar-refractivity contribution in [2.45, 2.75) is 20.0 Å². The summed E-state index contributed by atoms with van der Waals surface area (Å²) in [6.07, 6.45) is 6.06. The highest BCUT2D eigenvalue weighted by Gasteiger charge is 2.27. The van der Waals surface area contributed by atoms with E-state index < -0.39 is 12.7 Å². The lowest BCUT2D eigenvalue weighted by atomic mass is 10.0. The van der Waals surface area contributed by atoms with Crippen molar-refractivity contribution < 1.29 is 13.2 Å². The van der Waals surface area contributed by atoms with Gasteiger partial charge in [0.05, 0.1) is 5.69 Å². The lowest BCUT2D eigenvalue weighted by Gasteiger charge is -2.12. The lowest BCUT2D eigenvalue weighted by molar-refractivity contribution is -0.115. The summed E-state index contributed by atoms with van der Waals surface area (Å²) in [7, 11) is 0. The molecule has 0 unspecified atom stereocenters. The van der Waals surface area contributed by atoms with Gasteiger partial charge in [0, 0.05) is 42.1 Å². The molecule has 0 aliphatic carbocycles. The second-order valence-electron chi connectivity index (χ2n) is 5.34. The first-order chi connectivity index (χ1) is 11.9. The first-order valence-electron chi connectivity index (χ1n) is 7.47. The second kappa shape index (κ2) is 6.50. The van der Waals surface area contributed by atoms with E-state index in [0.29, 0.717) is 11.5 Å². The van der Waals surface area contributed by atoms with Crippen LogP contribution < -0.4 is 5.32 Å².